The molecular weight excluding hydrogens is 342 g/mol. The van der Waals surface area contributed by atoms with Crippen LogP contribution in [0, 0.1) is 0 Å². The van der Waals surface area contributed by atoms with Crippen LogP contribution < -0.4 is 5.32 Å². The first kappa shape index (κ1) is 17.4. The number of hydrogen-bond donors (Lipinski definition) is 1. The third-order valence-electron chi connectivity index (χ3n) is 4.00. The van der Waals surface area contributed by atoms with E-state index in [2.05, 4.69) is 49.7 Å². The molecule has 0 saturated carbocycles. The van der Waals surface area contributed by atoms with E-state index in [1.165, 1.54) is 16.0 Å². The molecule has 0 unspecified atom stereocenters. The van der Waals surface area contributed by atoms with Gasteiger partial charge in [0.05, 0.1) is 24.5 Å². The molecule has 134 valence electrons. The fourth-order valence-electron chi connectivity index (χ4n) is 2.23. The van der Waals surface area contributed by atoms with E-state index in [1.807, 2.05) is 20.2 Å². The number of nitrogens with one attached hydrogen (secondary N) is 1. The zero-order valence-corrected chi connectivity index (χ0v) is 15.4. The van der Waals surface area contributed by atoms with Gasteiger partial charge in [-0.3, -0.25) is 9.69 Å². The maximum absolute atomic E-state index is 12.3. The molecule has 0 aliphatic carbocycles. The number of carbonyl (C=O) groups excluding carboxylic acids is 1. The van der Waals surface area contributed by atoms with Gasteiger partial charge >= 0.3 is 0 Å². The Hall–Kier alpha value is -2.40. The number of fused-ring (bicyclic) bond motifs is 1. The zero-order chi connectivity index (χ0) is 18.0. The fraction of sp³-hybridized carbons (Fsp3) is 0.571. The highest BCUT2D eigenvalue weighted by molar-refractivity contribution is 7.14. The van der Waals surface area contributed by atoms with Crippen molar-refractivity contribution in [1.29, 1.82) is 0 Å². The van der Waals surface area contributed by atoms with Crippen LogP contribution in [0.3, 0.4) is 0 Å². The van der Waals surface area contributed by atoms with Crippen molar-refractivity contribution in [3.05, 3.63) is 23.2 Å². The summed E-state index contributed by atoms with van der Waals surface area (Å²) in [4.78, 5) is 19.7. The largest absolute Gasteiger partial charge is 0.346 e. The highest BCUT2D eigenvalue weighted by Crippen LogP contribution is 2.15. The summed E-state index contributed by atoms with van der Waals surface area (Å²) in [6.45, 7) is 6.72. The molecule has 0 bridgehead atoms. The Morgan fingerprint density at radius 3 is 2.92 bits per heavy atom. The number of tetrazole rings is 1. The lowest BCUT2D eigenvalue weighted by molar-refractivity contribution is -0.122. The number of nitrogens with zero attached hydrogens (tertiary/aromatic N) is 8. The molecule has 0 aliphatic rings. The summed E-state index contributed by atoms with van der Waals surface area (Å²) < 4.78 is 3.22. The highest BCUT2D eigenvalue weighted by atomic mass is 32.1. The van der Waals surface area contributed by atoms with Gasteiger partial charge in [0.1, 0.15) is 12.1 Å². The van der Waals surface area contributed by atoms with Crippen LogP contribution in [0.5, 0.6) is 0 Å². The Balaban J connectivity index is 1.61. The fourth-order valence-corrected chi connectivity index (χ4v) is 2.84. The summed E-state index contributed by atoms with van der Waals surface area (Å²) >= 11 is 1.45. The second-order valence-corrected chi connectivity index (χ2v) is 6.99. The number of rotatable bonds is 7. The number of amides is 1. The first-order chi connectivity index (χ1) is 11.9. The van der Waals surface area contributed by atoms with E-state index in [1.54, 1.807) is 10.0 Å². The molecule has 0 aromatic carbocycles. The molecule has 0 spiro atoms. The number of imidazole rings is 1. The van der Waals surface area contributed by atoms with Gasteiger partial charge in [-0.05, 0) is 38.2 Å². The molecule has 11 heteroatoms. The van der Waals surface area contributed by atoms with E-state index < -0.39 is 0 Å². The summed E-state index contributed by atoms with van der Waals surface area (Å²) in [6.07, 6.45) is 1.82. The third kappa shape index (κ3) is 3.99. The number of aromatic nitrogens is 7. The molecule has 1 N–H and O–H groups in total. The second kappa shape index (κ2) is 7.23. The SMILES string of the molecule is CC(C)N(C)Cc1nnnn1CC(=O)N[C@@H](C)c1cn2ncsc2n1. The van der Waals surface area contributed by atoms with Crippen LogP contribution in [0.2, 0.25) is 0 Å². The Bertz CT molecular complexity index is 823. The monoisotopic (exact) mass is 363 g/mol. The molecule has 3 rings (SSSR count). The van der Waals surface area contributed by atoms with Crippen LogP contribution in [0.15, 0.2) is 11.7 Å². The molecule has 3 heterocycles. The molecule has 3 aromatic heterocycles. The van der Waals surface area contributed by atoms with E-state index in [9.17, 15) is 4.79 Å². The maximum Gasteiger partial charge on any atom is 0.242 e. The van der Waals surface area contributed by atoms with Crippen LogP contribution in [0.1, 0.15) is 38.3 Å². The third-order valence-corrected chi connectivity index (χ3v) is 4.69. The van der Waals surface area contributed by atoms with E-state index in [0.29, 0.717) is 18.4 Å². The van der Waals surface area contributed by atoms with Gasteiger partial charge in [0.15, 0.2) is 5.82 Å². The molecule has 0 aliphatic heterocycles. The van der Waals surface area contributed by atoms with Crippen LogP contribution in [0.4, 0.5) is 0 Å². The zero-order valence-electron chi connectivity index (χ0n) is 14.6. The normalized spacial score (nSPS) is 13.0. The average Bonchev–Trinajstić information content (AvgIpc) is 3.23. The Labute approximate surface area is 148 Å². The van der Waals surface area contributed by atoms with Crippen molar-refractivity contribution >= 4 is 22.2 Å². The van der Waals surface area contributed by atoms with Crippen molar-refractivity contribution in [1.82, 2.24) is 45.0 Å². The Kier molecular flexibility index (Phi) is 5.04. The van der Waals surface area contributed by atoms with Gasteiger partial charge in [-0.25, -0.2) is 14.2 Å². The molecule has 10 nitrogen and oxygen atoms in total. The Morgan fingerprint density at radius 2 is 2.20 bits per heavy atom. The number of hydrogen-bond acceptors (Lipinski definition) is 8. The molecule has 0 fully saturated rings. The molecule has 0 radical (unpaired) electrons. The smallest absolute Gasteiger partial charge is 0.242 e. The van der Waals surface area contributed by atoms with Crippen LogP contribution in [-0.4, -0.2) is 58.7 Å². The predicted molar refractivity (Wildman–Crippen MR) is 91.8 cm³/mol. The van der Waals surface area contributed by atoms with Crippen molar-refractivity contribution in [3.63, 3.8) is 0 Å². The van der Waals surface area contributed by atoms with Crippen molar-refractivity contribution in [2.75, 3.05) is 7.05 Å². The van der Waals surface area contributed by atoms with Crippen LogP contribution in [-0.2, 0) is 17.9 Å². The molecule has 1 amide bonds. The maximum atomic E-state index is 12.3. The van der Waals surface area contributed by atoms with Gasteiger partial charge < -0.3 is 5.32 Å². The predicted octanol–water partition coefficient (Wildman–Crippen LogP) is 0.495. The first-order valence-corrected chi connectivity index (χ1v) is 8.85. The molecule has 3 aromatic rings. The van der Waals surface area contributed by atoms with Gasteiger partial charge in [-0.15, -0.1) is 5.10 Å². The molecule has 25 heavy (non-hydrogen) atoms. The van der Waals surface area contributed by atoms with Crippen molar-refractivity contribution < 1.29 is 4.79 Å². The topological polar surface area (TPSA) is 106 Å². The Morgan fingerprint density at radius 1 is 1.40 bits per heavy atom. The van der Waals surface area contributed by atoms with Crippen molar-refractivity contribution in [2.45, 2.75) is 45.9 Å². The standard InChI is InChI=1S/C14H21N9OS/c1-9(2)21(4)6-12-18-19-20-22(12)7-13(24)16-10(3)11-5-23-14(17-11)25-8-15-23/h5,8-10H,6-7H2,1-4H3,(H,16,24)/t10-/m0/s1. The minimum atomic E-state index is -0.223. The van der Waals surface area contributed by atoms with Crippen molar-refractivity contribution in [3.8, 4) is 0 Å². The van der Waals surface area contributed by atoms with Gasteiger partial charge in [0.25, 0.3) is 0 Å². The second-order valence-electron chi connectivity index (χ2n) is 6.18. The highest BCUT2D eigenvalue weighted by Gasteiger charge is 2.17. The number of carbonyl (C=O) groups is 1. The quantitative estimate of drug-likeness (QED) is 0.651. The van der Waals surface area contributed by atoms with E-state index in [4.69, 9.17) is 0 Å². The van der Waals surface area contributed by atoms with Crippen LogP contribution >= 0.6 is 11.3 Å². The summed E-state index contributed by atoms with van der Waals surface area (Å²) in [5, 5.41) is 18.7. The minimum absolute atomic E-state index is 0.0685. The van der Waals surface area contributed by atoms with Gasteiger partial charge in [0, 0.05) is 6.04 Å². The lowest BCUT2D eigenvalue weighted by Gasteiger charge is -2.20. The van der Waals surface area contributed by atoms with Crippen molar-refractivity contribution in [2.24, 2.45) is 0 Å². The van der Waals surface area contributed by atoms with Gasteiger partial charge in [-0.2, -0.15) is 5.10 Å². The lowest BCUT2D eigenvalue weighted by atomic mass is 10.2. The van der Waals surface area contributed by atoms with E-state index in [0.717, 1.165) is 10.7 Å². The van der Waals surface area contributed by atoms with Crippen LogP contribution in [0.25, 0.3) is 4.96 Å². The van der Waals surface area contributed by atoms with E-state index in [-0.39, 0.29) is 18.5 Å². The molecule has 0 saturated heterocycles. The summed E-state index contributed by atoms with van der Waals surface area (Å²) in [7, 11) is 1.99. The minimum Gasteiger partial charge on any atom is -0.346 e. The van der Waals surface area contributed by atoms with E-state index >= 15 is 0 Å². The summed E-state index contributed by atoms with van der Waals surface area (Å²) in [6, 6.07) is 0.141. The van der Waals surface area contributed by atoms with Gasteiger partial charge in [-0.1, -0.05) is 11.3 Å². The molecular formula is C14H21N9OS. The summed E-state index contributed by atoms with van der Waals surface area (Å²) in [5.74, 6) is 0.489. The average molecular weight is 363 g/mol. The first-order valence-electron chi connectivity index (χ1n) is 7.97. The molecule has 1 atom stereocenters. The van der Waals surface area contributed by atoms with Gasteiger partial charge in [0.2, 0.25) is 10.9 Å². The summed E-state index contributed by atoms with van der Waals surface area (Å²) in [5.41, 5.74) is 2.49. The lowest BCUT2D eigenvalue weighted by Crippen LogP contribution is -2.32.